The predicted octanol–water partition coefficient (Wildman–Crippen LogP) is 5.39. The molecule has 11 nitrogen and oxygen atoms in total. The molecule has 0 saturated carbocycles. The van der Waals surface area contributed by atoms with E-state index < -0.39 is 51.4 Å². The molecule has 302 valence electrons. The van der Waals surface area contributed by atoms with Crippen LogP contribution in [0.15, 0.2) is 68.3 Å². The van der Waals surface area contributed by atoms with Crippen molar-refractivity contribution in [1.29, 1.82) is 0 Å². The van der Waals surface area contributed by atoms with Gasteiger partial charge in [0.15, 0.2) is 16.6 Å². The maximum Gasteiger partial charge on any atom is 0.305 e. The number of ether oxygens (including phenoxy) is 2. The van der Waals surface area contributed by atoms with Gasteiger partial charge in [-0.2, -0.15) is 0 Å². The third-order valence-corrected chi connectivity index (χ3v) is 15.9. The van der Waals surface area contributed by atoms with E-state index in [1.165, 1.54) is 14.2 Å². The van der Waals surface area contributed by atoms with Crippen molar-refractivity contribution in [3.05, 3.63) is 69.0 Å². The highest BCUT2D eigenvalue weighted by Crippen LogP contribution is 2.54. The molecule has 0 fully saturated rings. The van der Waals surface area contributed by atoms with Gasteiger partial charge < -0.3 is 28.8 Å². The van der Waals surface area contributed by atoms with Gasteiger partial charge in [0.05, 0.1) is 60.2 Å². The molecule has 4 aliphatic heterocycles. The second-order valence-electron chi connectivity index (χ2n) is 17.4. The summed E-state index contributed by atoms with van der Waals surface area (Å²) in [6.07, 6.45) is 8.84. The van der Waals surface area contributed by atoms with Crippen LogP contribution in [0.2, 0.25) is 39.3 Å². The first-order valence-electron chi connectivity index (χ1n) is 19.3. The molecule has 0 spiro atoms. The van der Waals surface area contributed by atoms with Gasteiger partial charge in [0.1, 0.15) is 0 Å². The first-order chi connectivity index (χ1) is 25.4. The monoisotopic (exact) mass is 792 g/mol. The van der Waals surface area contributed by atoms with E-state index >= 15 is 0 Å². The Morgan fingerprint density at radius 3 is 2.04 bits per heavy atom. The van der Waals surface area contributed by atoms with Crippen LogP contribution in [0.5, 0.6) is 0 Å². The number of esters is 2. The first kappa shape index (κ1) is 44.3. The van der Waals surface area contributed by atoms with Crippen LogP contribution in [-0.2, 0) is 23.2 Å². The summed E-state index contributed by atoms with van der Waals surface area (Å²) in [6.45, 7) is 24.9. The van der Waals surface area contributed by atoms with Crippen LogP contribution in [-0.4, -0.2) is 98.2 Å². The van der Waals surface area contributed by atoms with Gasteiger partial charge in [-0.05, 0) is 152 Å². The van der Waals surface area contributed by atoms with Gasteiger partial charge in [-0.3, -0.25) is 19.9 Å². The Labute approximate surface area is 329 Å². The number of aromatic amines is 1. The molecule has 0 saturated heterocycles. The minimum atomic E-state index is -1.23. The second-order valence-corrected chi connectivity index (χ2v) is 26.7. The molecular weight excluding hydrogens is 729 g/mol. The number of H-pyrrole nitrogens is 1. The van der Waals surface area contributed by atoms with Crippen molar-refractivity contribution in [2.24, 2.45) is 15.9 Å². The van der Waals surface area contributed by atoms with Gasteiger partial charge in [-0.1, -0.05) is 6.92 Å². The van der Waals surface area contributed by atoms with Gasteiger partial charge in [-0.25, -0.2) is 4.99 Å². The molecule has 1 aromatic rings. The van der Waals surface area contributed by atoms with E-state index in [4.69, 9.17) is 23.6 Å². The van der Waals surface area contributed by atoms with E-state index in [-0.39, 0.29) is 31.2 Å². The zero-order chi connectivity index (χ0) is 41.3. The molecule has 6 unspecified atom stereocenters. The van der Waals surface area contributed by atoms with Crippen molar-refractivity contribution in [2.45, 2.75) is 135 Å². The minimum absolute atomic E-state index is 0.0692. The Balaban J connectivity index is 0.000000665. The highest BCUT2D eigenvalue weighted by Gasteiger charge is 2.61. The summed E-state index contributed by atoms with van der Waals surface area (Å²) in [5.74, 6) is -1.21. The van der Waals surface area contributed by atoms with Gasteiger partial charge in [-0.15, -0.1) is 0 Å². The molecule has 4 aliphatic rings. The number of fused-ring (bicyclic) bond motifs is 6. The summed E-state index contributed by atoms with van der Waals surface area (Å²) >= 11 is 0. The number of aliphatic imine (C=N–C) groups is 2. The van der Waals surface area contributed by atoms with Crippen LogP contribution in [0.4, 0.5) is 0 Å². The number of aromatic nitrogens is 1. The Bertz CT molecular complexity index is 1960. The number of nitrogens with one attached hydrogen (secondary N) is 2. The fraction of sp³-hybridized carbons (Fsp3) is 0.571. The predicted molar refractivity (Wildman–Crippen MR) is 226 cm³/mol. The number of methoxy groups -OCH3 is 2. The van der Waals surface area contributed by atoms with E-state index in [2.05, 4.69) is 49.6 Å². The van der Waals surface area contributed by atoms with Crippen molar-refractivity contribution in [1.82, 2.24) is 10.3 Å². The third-order valence-electron chi connectivity index (χ3n) is 11.0. The fourth-order valence-corrected chi connectivity index (χ4v) is 16.6. The van der Waals surface area contributed by atoms with Crippen molar-refractivity contribution >= 4 is 52.1 Å². The Kier molecular flexibility index (Phi) is 13.3. The van der Waals surface area contributed by atoms with Crippen LogP contribution >= 0.6 is 0 Å². The number of carbonyl (C=O) groups is 2. The zero-order valence-electron chi connectivity index (χ0n) is 35.4. The number of rotatable bonds is 10. The first-order valence-corrected chi connectivity index (χ1v) is 26.1. The maximum atomic E-state index is 12.7. The lowest BCUT2D eigenvalue weighted by molar-refractivity contribution is -0.142. The van der Waals surface area contributed by atoms with Crippen molar-refractivity contribution in [3.63, 3.8) is 0 Å². The number of hydrogen-bond acceptors (Lipinski definition) is 10. The largest absolute Gasteiger partial charge is 0.469 e. The molecule has 8 bridgehead atoms. The van der Waals surface area contributed by atoms with Crippen LogP contribution in [0.1, 0.15) is 67.2 Å². The summed E-state index contributed by atoms with van der Waals surface area (Å²) in [4.78, 5) is 39.0. The summed E-state index contributed by atoms with van der Waals surface area (Å²) in [7, 11) is 0.267. The lowest BCUT2D eigenvalue weighted by Crippen LogP contribution is -2.65. The number of allylic oxidation sites excluding steroid dienone is 3. The topological polar surface area (TPSA) is 155 Å². The van der Waals surface area contributed by atoms with E-state index in [9.17, 15) is 19.8 Å². The van der Waals surface area contributed by atoms with E-state index in [0.717, 1.165) is 50.1 Å². The standard InChI is InChI=1S/C36H46N4O6.C6H18OSi2/c1-20-29(13-14-31(43)45-7)35(16-15-32(44)46-8)23(4)36(24(5)42)21(2)33(22(3)41)34(6,40-36)19-28-12-11-26(38-28)17-25-9-10-27(37-25)18-30(20)39-35;1-8(2,3)7-9(4,5)6/h9-12,17-19,22-24,37,40-42H,13-16H2,1-8H3;1-6H3/b25-17-,27-18-,28-19-;. The molecule has 6 atom stereocenters. The van der Waals surface area contributed by atoms with Gasteiger partial charge in [0.2, 0.25) is 0 Å². The SMILES string of the molecule is COC(=O)CCC1=C(C)C2=NC1(CCC(=O)OC)C(C)C1(C(C)O)NC(C)(/C=C3/C=CC(=N3)/C=c3/cc/c([nH]3)=C/2)C(C(C)O)=C1C.C[Si](C)(C)O[Si](C)(C)C. The van der Waals surface area contributed by atoms with E-state index in [1.807, 2.05) is 70.2 Å². The van der Waals surface area contributed by atoms with Crippen LogP contribution < -0.4 is 16.0 Å². The summed E-state index contributed by atoms with van der Waals surface area (Å²) < 4.78 is 16.0. The quantitative estimate of drug-likeness (QED) is 0.140. The molecular formula is C42H64N4O7Si2. The average Bonchev–Trinajstić information content (AvgIpc) is 3.81. The summed E-state index contributed by atoms with van der Waals surface area (Å²) in [5, 5.41) is 28.7. The summed E-state index contributed by atoms with van der Waals surface area (Å²) in [5.41, 5.74) is 2.52. The molecule has 13 heteroatoms. The van der Waals surface area contributed by atoms with Gasteiger partial charge in [0.25, 0.3) is 0 Å². The molecule has 0 aliphatic carbocycles. The maximum absolute atomic E-state index is 12.7. The molecule has 4 N–H and O–H groups in total. The Morgan fingerprint density at radius 2 is 1.51 bits per heavy atom. The highest BCUT2D eigenvalue weighted by molar-refractivity contribution is 6.83. The van der Waals surface area contributed by atoms with Crippen LogP contribution in [0.25, 0.3) is 12.2 Å². The van der Waals surface area contributed by atoms with E-state index in [0.29, 0.717) is 6.42 Å². The second kappa shape index (κ2) is 16.6. The Morgan fingerprint density at radius 1 is 0.927 bits per heavy atom. The van der Waals surface area contributed by atoms with Gasteiger partial charge in [0, 0.05) is 29.5 Å². The molecule has 5 rings (SSSR count). The van der Waals surface area contributed by atoms with Crippen molar-refractivity contribution in [2.75, 3.05) is 14.2 Å². The normalized spacial score (nSPS) is 29.5. The smallest absolute Gasteiger partial charge is 0.305 e. The molecule has 0 amide bonds. The van der Waals surface area contributed by atoms with Crippen molar-refractivity contribution < 1.29 is 33.4 Å². The Hall–Kier alpha value is -3.47. The summed E-state index contributed by atoms with van der Waals surface area (Å²) in [6, 6.07) is 3.96. The lowest BCUT2D eigenvalue weighted by Gasteiger charge is -2.50. The average molecular weight is 793 g/mol. The van der Waals surface area contributed by atoms with E-state index in [1.54, 1.807) is 13.8 Å². The lowest BCUT2D eigenvalue weighted by atomic mass is 9.62. The minimum Gasteiger partial charge on any atom is -0.469 e. The third kappa shape index (κ3) is 9.57. The molecule has 55 heavy (non-hydrogen) atoms. The highest BCUT2D eigenvalue weighted by atomic mass is 28.4. The molecule has 0 radical (unpaired) electrons. The molecule has 1 aromatic heterocycles. The number of aliphatic hydroxyl groups excluding tert-OH is 2. The number of aliphatic hydroxyl groups is 2. The van der Waals surface area contributed by atoms with Crippen LogP contribution in [0.3, 0.4) is 0 Å². The number of carbonyl (C=O) groups excluding carboxylic acids is 2. The number of hydrogen-bond donors (Lipinski definition) is 4. The van der Waals surface area contributed by atoms with Gasteiger partial charge >= 0.3 is 11.9 Å². The van der Waals surface area contributed by atoms with Crippen LogP contribution in [0, 0.1) is 5.92 Å². The number of nitrogens with zero attached hydrogens (tertiary/aromatic N) is 2. The zero-order valence-corrected chi connectivity index (χ0v) is 37.4. The molecule has 5 heterocycles. The molecule has 0 aromatic carbocycles. The fourth-order valence-electron chi connectivity index (χ4n) is 9.22. The van der Waals surface area contributed by atoms with Crippen molar-refractivity contribution in [3.8, 4) is 0 Å².